The van der Waals surface area contributed by atoms with Gasteiger partial charge in [0.15, 0.2) is 34.7 Å². The van der Waals surface area contributed by atoms with Crippen molar-refractivity contribution in [2.24, 2.45) is 29.4 Å². The van der Waals surface area contributed by atoms with Crippen molar-refractivity contribution in [3.05, 3.63) is 34.9 Å². The van der Waals surface area contributed by atoms with Crippen LogP contribution in [0.3, 0.4) is 0 Å². The second kappa shape index (κ2) is 11.0. The first kappa shape index (κ1) is 30.3. The lowest BCUT2D eigenvalue weighted by Crippen LogP contribution is -2.74. The Kier molecular flexibility index (Phi) is 7.60. The fourth-order valence-corrected chi connectivity index (χ4v) is 7.78. The number of phenolic OH excluding ortho intramolecular Hbond substituents is 1. The van der Waals surface area contributed by atoms with E-state index < -0.39 is 64.4 Å². The zero-order valence-corrected chi connectivity index (χ0v) is 24.7. The van der Waals surface area contributed by atoms with Crippen molar-refractivity contribution >= 4 is 39.8 Å². The number of nitrogens with zero attached hydrogens (tertiary/aromatic N) is 2. The van der Waals surface area contributed by atoms with Crippen molar-refractivity contribution in [1.29, 1.82) is 0 Å². The molecule has 6 rings (SSSR count). The molecule has 2 aromatic carbocycles. The molecule has 0 spiro atoms. The summed E-state index contributed by atoms with van der Waals surface area (Å²) < 4.78 is 6.15. The number of primary amides is 1. The van der Waals surface area contributed by atoms with E-state index in [2.05, 4.69) is 4.90 Å². The van der Waals surface area contributed by atoms with Crippen LogP contribution in [0.2, 0.25) is 0 Å². The van der Waals surface area contributed by atoms with Crippen LogP contribution in [0.15, 0.2) is 18.2 Å². The quantitative estimate of drug-likeness (QED) is 0.233. The highest BCUT2D eigenvalue weighted by atomic mass is 16.5. The SMILES string of the molecule is CN(C)[C@@H]1C(=O)C(C(N)=O)C(=O)[C@@]2(O)C(=O)C3C(=O)c4c(c(OCCCO)c5ccc(CN6CCC6)cc5c4O)C[C@H]3C[C@@H]12. The first-order valence-corrected chi connectivity index (χ1v) is 15.0. The second-order valence-electron chi connectivity index (χ2n) is 12.8. The molecule has 3 aliphatic carbocycles. The topological polar surface area (TPSA) is 188 Å². The summed E-state index contributed by atoms with van der Waals surface area (Å²) >= 11 is 0. The summed E-state index contributed by atoms with van der Waals surface area (Å²) in [4.78, 5) is 71.2. The van der Waals surface area contributed by atoms with Gasteiger partial charge < -0.3 is 25.8 Å². The normalized spacial score (nSPS) is 30.2. The standard InChI is InChI=1S/C32H37N3O9/c1-34(2)24-20-13-16-12-19-22(26(38)21(16)29(40)32(20,43)30(41)23(27(24)39)31(33)42)25(37)18-11-15(14-35-7-3-8-35)5-6-17(18)28(19)44-10-4-9-36/h5-6,11,16,20-21,23-24,36-37,43H,3-4,7-10,12-14H2,1-2H3,(H2,33,42)/t16-,20-,21?,23?,24-,32-/m0/s1. The van der Waals surface area contributed by atoms with Gasteiger partial charge in [-0.25, -0.2) is 0 Å². The molecule has 12 heteroatoms. The number of ketones is 4. The van der Waals surface area contributed by atoms with Gasteiger partial charge in [0.1, 0.15) is 11.5 Å². The average molecular weight is 608 g/mol. The number of hydrogen-bond donors (Lipinski definition) is 4. The Bertz CT molecular complexity index is 1600. The minimum absolute atomic E-state index is 0.0481. The number of aromatic hydroxyl groups is 1. The fraction of sp³-hybridized carbons (Fsp3) is 0.531. The van der Waals surface area contributed by atoms with Gasteiger partial charge in [-0.3, -0.25) is 33.8 Å². The number of rotatable bonds is 8. The summed E-state index contributed by atoms with van der Waals surface area (Å²) in [5.74, 6) is -10.6. The Morgan fingerprint density at radius 1 is 1.14 bits per heavy atom. The zero-order chi connectivity index (χ0) is 31.7. The van der Waals surface area contributed by atoms with Gasteiger partial charge in [-0.05, 0) is 64.0 Å². The van der Waals surface area contributed by atoms with Crippen molar-refractivity contribution in [1.82, 2.24) is 9.80 Å². The molecule has 1 heterocycles. The third kappa shape index (κ3) is 4.38. The van der Waals surface area contributed by atoms with Crippen molar-refractivity contribution in [3.8, 4) is 11.5 Å². The molecule has 0 aromatic heterocycles. The molecule has 2 aromatic rings. The van der Waals surface area contributed by atoms with Gasteiger partial charge in [-0.1, -0.05) is 12.1 Å². The van der Waals surface area contributed by atoms with E-state index in [4.69, 9.17) is 10.5 Å². The molecule has 12 nitrogen and oxygen atoms in total. The number of amides is 1. The molecule has 6 atom stereocenters. The maximum absolute atomic E-state index is 14.3. The predicted molar refractivity (Wildman–Crippen MR) is 156 cm³/mol. The molecule has 0 radical (unpaired) electrons. The van der Waals surface area contributed by atoms with Gasteiger partial charge >= 0.3 is 0 Å². The maximum atomic E-state index is 14.3. The molecule has 234 valence electrons. The lowest BCUT2D eigenvalue weighted by atomic mass is 9.52. The van der Waals surface area contributed by atoms with Crippen LogP contribution < -0.4 is 10.5 Å². The van der Waals surface area contributed by atoms with E-state index in [1.165, 1.54) is 4.90 Å². The first-order valence-electron chi connectivity index (χ1n) is 15.0. The molecule has 2 unspecified atom stereocenters. The van der Waals surface area contributed by atoms with E-state index in [1.807, 2.05) is 12.1 Å². The molecule has 2 saturated carbocycles. The Labute approximate surface area is 253 Å². The van der Waals surface area contributed by atoms with E-state index in [1.54, 1.807) is 20.2 Å². The summed E-state index contributed by atoms with van der Waals surface area (Å²) in [5, 5.41) is 33.8. The second-order valence-corrected chi connectivity index (χ2v) is 12.8. The van der Waals surface area contributed by atoms with Crippen LogP contribution in [0.4, 0.5) is 0 Å². The zero-order valence-electron chi connectivity index (χ0n) is 24.7. The van der Waals surface area contributed by atoms with Gasteiger partial charge in [0.25, 0.3) is 0 Å². The number of fused-ring (bicyclic) bond motifs is 4. The summed E-state index contributed by atoms with van der Waals surface area (Å²) in [6.07, 6.45) is 1.49. The van der Waals surface area contributed by atoms with Gasteiger partial charge in [0.05, 0.1) is 24.1 Å². The van der Waals surface area contributed by atoms with Crippen molar-refractivity contribution < 1.29 is 44.0 Å². The van der Waals surface area contributed by atoms with Crippen molar-refractivity contribution in [2.45, 2.75) is 43.9 Å². The lowest BCUT2D eigenvalue weighted by molar-refractivity contribution is -0.181. The highest BCUT2D eigenvalue weighted by molar-refractivity contribution is 6.32. The molecule has 1 aliphatic heterocycles. The Morgan fingerprint density at radius 3 is 2.48 bits per heavy atom. The van der Waals surface area contributed by atoms with E-state index in [0.717, 1.165) is 25.1 Å². The monoisotopic (exact) mass is 607 g/mol. The number of carbonyl (C=O) groups excluding carboxylic acids is 5. The third-order valence-corrected chi connectivity index (χ3v) is 9.95. The van der Waals surface area contributed by atoms with Crippen LogP contribution in [0.1, 0.15) is 40.7 Å². The molecular weight excluding hydrogens is 570 g/mol. The number of hydrogen-bond acceptors (Lipinski definition) is 11. The van der Waals surface area contributed by atoms with Crippen LogP contribution in [-0.4, -0.2) is 106 Å². The van der Waals surface area contributed by atoms with Gasteiger partial charge in [0.2, 0.25) is 5.91 Å². The van der Waals surface area contributed by atoms with Crippen molar-refractivity contribution in [3.63, 3.8) is 0 Å². The summed E-state index contributed by atoms with van der Waals surface area (Å²) in [7, 11) is 3.09. The van der Waals surface area contributed by atoms with Crippen LogP contribution >= 0.6 is 0 Å². The average Bonchev–Trinajstić information content (AvgIpc) is 2.94. The van der Waals surface area contributed by atoms with E-state index in [-0.39, 0.29) is 37.4 Å². The molecule has 4 aliphatic rings. The minimum Gasteiger partial charge on any atom is -0.507 e. The number of Topliss-reactive ketones (excluding diaryl/α,β-unsaturated/α-hetero) is 4. The minimum atomic E-state index is -2.78. The highest BCUT2D eigenvalue weighted by Gasteiger charge is 2.69. The lowest BCUT2D eigenvalue weighted by Gasteiger charge is -2.52. The Hall–Kier alpha value is -3.71. The maximum Gasteiger partial charge on any atom is 0.235 e. The molecule has 44 heavy (non-hydrogen) atoms. The number of likely N-dealkylation sites (tertiary alicyclic amines) is 1. The fourth-order valence-electron chi connectivity index (χ4n) is 7.78. The molecular formula is C32H37N3O9. The van der Waals surface area contributed by atoms with Crippen LogP contribution in [0, 0.1) is 23.7 Å². The van der Waals surface area contributed by atoms with Gasteiger partial charge in [-0.15, -0.1) is 0 Å². The summed E-state index contributed by atoms with van der Waals surface area (Å²) in [6, 6.07) is 4.40. The Balaban J connectivity index is 1.49. The molecule has 1 amide bonds. The predicted octanol–water partition coefficient (Wildman–Crippen LogP) is -0.0129. The number of likely N-dealkylation sites (N-methyl/N-ethyl adjacent to an activating group) is 1. The number of nitrogens with two attached hydrogens (primary N) is 1. The van der Waals surface area contributed by atoms with Gasteiger partial charge in [0, 0.05) is 41.8 Å². The number of benzene rings is 2. The summed E-state index contributed by atoms with van der Waals surface area (Å²) in [6.45, 7) is 2.62. The van der Waals surface area contributed by atoms with E-state index >= 15 is 0 Å². The van der Waals surface area contributed by atoms with Crippen LogP contribution in [0.25, 0.3) is 10.8 Å². The van der Waals surface area contributed by atoms with E-state index in [9.17, 15) is 39.3 Å². The number of ether oxygens (including phenoxy) is 1. The third-order valence-electron chi connectivity index (χ3n) is 9.95. The number of phenols is 1. The molecule has 1 saturated heterocycles. The molecule has 5 N–H and O–H groups in total. The van der Waals surface area contributed by atoms with Crippen LogP contribution in [0.5, 0.6) is 11.5 Å². The number of carbonyl (C=O) groups is 5. The smallest absolute Gasteiger partial charge is 0.235 e. The largest absolute Gasteiger partial charge is 0.507 e. The highest BCUT2D eigenvalue weighted by Crippen LogP contribution is 2.53. The molecule has 0 bridgehead atoms. The van der Waals surface area contributed by atoms with Crippen molar-refractivity contribution in [2.75, 3.05) is 40.4 Å². The molecule has 3 fully saturated rings. The van der Waals surface area contributed by atoms with E-state index in [0.29, 0.717) is 35.1 Å². The Morgan fingerprint density at radius 2 is 1.86 bits per heavy atom. The first-order chi connectivity index (χ1) is 20.9. The number of aliphatic hydroxyl groups excluding tert-OH is 1. The van der Waals surface area contributed by atoms with Crippen LogP contribution in [-0.2, 0) is 32.1 Å². The van der Waals surface area contributed by atoms with Gasteiger partial charge in [-0.2, -0.15) is 0 Å². The number of aliphatic hydroxyl groups is 2. The summed E-state index contributed by atoms with van der Waals surface area (Å²) in [5.41, 5.74) is 3.83.